The average molecular weight is 532 g/mol. The molecule has 12 heteroatoms. The van der Waals surface area contributed by atoms with Crippen molar-refractivity contribution >= 4 is 43.4 Å². The van der Waals surface area contributed by atoms with Crippen LogP contribution in [0.1, 0.15) is 27.7 Å². The highest BCUT2D eigenvalue weighted by atomic mass is 79.9. The van der Waals surface area contributed by atoms with Crippen LogP contribution >= 0.6 is 15.9 Å². The molecular weight excluding hydrogens is 509 g/mol. The summed E-state index contributed by atoms with van der Waals surface area (Å²) in [5, 5.41) is 13.4. The quantitative estimate of drug-likeness (QED) is 0.411. The Kier molecular flexibility index (Phi) is 7.83. The van der Waals surface area contributed by atoms with E-state index in [-0.39, 0.29) is 22.8 Å². The van der Waals surface area contributed by atoms with Crippen LogP contribution in [-0.4, -0.2) is 37.6 Å². The minimum Gasteiger partial charge on any atom is -0.444 e. The maximum Gasteiger partial charge on any atom is 0.407 e. The first-order valence-electron chi connectivity index (χ1n) is 9.43. The predicted molar refractivity (Wildman–Crippen MR) is 121 cm³/mol. The Morgan fingerprint density at radius 1 is 1.25 bits per heavy atom. The number of nitrogens with one attached hydrogen (secondary N) is 1. The second-order valence-electron chi connectivity index (χ2n) is 7.88. The SMILES string of the molecule is CC(CNC(=O)OC(C)(C)C)N(c1cc(Br)ccc1F)S(=O)(=O)c1ccc([N+](=O)[O-])cc1. The molecule has 1 amide bonds. The Morgan fingerprint density at radius 3 is 2.38 bits per heavy atom. The van der Waals surface area contributed by atoms with Crippen LogP contribution < -0.4 is 9.62 Å². The van der Waals surface area contributed by atoms with Crippen LogP contribution in [0.5, 0.6) is 0 Å². The summed E-state index contributed by atoms with van der Waals surface area (Å²) in [5.41, 5.74) is -1.30. The van der Waals surface area contributed by atoms with Gasteiger partial charge in [0, 0.05) is 23.2 Å². The van der Waals surface area contributed by atoms with Crippen molar-refractivity contribution in [3.63, 3.8) is 0 Å². The molecule has 1 unspecified atom stereocenters. The molecular formula is C20H23BrFN3O6S. The van der Waals surface area contributed by atoms with Gasteiger partial charge in [0.15, 0.2) is 0 Å². The number of alkyl carbamates (subject to hydrolysis) is 1. The van der Waals surface area contributed by atoms with Gasteiger partial charge in [-0.3, -0.25) is 14.4 Å². The van der Waals surface area contributed by atoms with Crippen molar-refractivity contribution in [2.75, 3.05) is 10.8 Å². The zero-order valence-corrected chi connectivity index (χ0v) is 20.2. The molecule has 32 heavy (non-hydrogen) atoms. The van der Waals surface area contributed by atoms with Crippen molar-refractivity contribution in [1.82, 2.24) is 5.32 Å². The van der Waals surface area contributed by atoms with E-state index in [9.17, 15) is 27.7 Å². The molecule has 0 saturated heterocycles. The molecule has 0 bridgehead atoms. The number of hydrogen-bond donors (Lipinski definition) is 1. The number of nitro benzene ring substituents is 1. The Balaban J connectivity index is 2.45. The topological polar surface area (TPSA) is 119 Å². The number of anilines is 1. The molecule has 0 radical (unpaired) electrons. The second kappa shape index (κ2) is 9.82. The fourth-order valence-electron chi connectivity index (χ4n) is 2.74. The Hall–Kier alpha value is -2.73. The lowest BCUT2D eigenvalue weighted by atomic mass is 10.2. The molecule has 2 rings (SSSR count). The first-order valence-corrected chi connectivity index (χ1v) is 11.7. The monoisotopic (exact) mass is 531 g/mol. The number of rotatable bonds is 7. The molecule has 0 aliphatic carbocycles. The van der Waals surface area contributed by atoms with Gasteiger partial charge in [-0.05, 0) is 58.0 Å². The van der Waals surface area contributed by atoms with Crippen molar-refractivity contribution in [3.8, 4) is 0 Å². The maximum atomic E-state index is 14.7. The molecule has 0 aliphatic heterocycles. The van der Waals surface area contributed by atoms with Crippen molar-refractivity contribution < 1.29 is 27.3 Å². The standard InChI is InChI=1S/C20H23BrFN3O6S/c1-13(12-23-19(26)31-20(2,3)4)24(18-11-14(21)5-10-17(18)22)32(29,30)16-8-6-15(7-9-16)25(27)28/h5-11,13H,12H2,1-4H3,(H,23,26). The molecule has 1 N–H and O–H groups in total. The zero-order chi connectivity index (χ0) is 24.3. The highest BCUT2D eigenvalue weighted by Crippen LogP contribution is 2.31. The number of hydrogen-bond acceptors (Lipinski definition) is 6. The molecule has 174 valence electrons. The Labute approximate surface area is 193 Å². The van der Waals surface area contributed by atoms with Gasteiger partial charge in [-0.15, -0.1) is 0 Å². The number of halogens is 2. The van der Waals surface area contributed by atoms with E-state index in [0.29, 0.717) is 4.47 Å². The lowest BCUT2D eigenvalue weighted by molar-refractivity contribution is -0.384. The van der Waals surface area contributed by atoms with E-state index in [0.717, 1.165) is 34.6 Å². The highest BCUT2D eigenvalue weighted by Gasteiger charge is 2.32. The Morgan fingerprint density at radius 2 is 1.84 bits per heavy atom. The number of sulfonamides is 1. The summed E-state index contributed by atoms with van der Waals surface area (Å²) < 4.78 is 48.0. The lowest BCUT2D eigenvalue weighted by Gasteiger charge is -2.31. The number of non-ortho nitro benzene ring substituents is 1. The van der Waals surface area contributed by atoms with Crippen LogP contribution in [0.25, 0.3) is 0 Å². The average Bonchev–Trinajstić information content (AvgIpc) is 2.68. The highest BCUT2D eigenvalue weighted by molar-refractivity contribution is 9.10. The lowest BCUT2D eigenvalue weighted by Crippen LogP contribution is -2.46. The first-order chi connectivity index (χ1) is 14.7. The van der Waals surface area contributed by atoms with Gasteiger partial charge in [0.1, 0.15) is 11.4 Å². The van der Waals surface area contributed by atoms with Crippen LogP contribution in [0.2, 0.25) is 0 Å². The van der Waals surface area contributed by atoms with Gasteiger partial charge in [0.25, 0.3) is 15.7 Å². The third kappa shape index (κ3) is 6.39. The van der Waals surface area contributed by atoms with E-state index in [1.807, 2.05) is 0 Å². The number of nitro groups is 1. The van der Waals surface area contributed by atoms with Gasteiger partial charge < -0.3 is 10.1 Å². The van der Waals surface area contributed by atoms with E-state index in [2.05, 4.69) is 21.2 Å². The third-order valence-corrected chi connectivity index (χ3v) is 6.53. The van der Waals surface area contributed by atoms with Gasteiger partial charge in [-0.25, -0.2) is 17.6 Å². The van der Waals surface area contributed by atoms with Gasteiger partial charge >= 0.3 is 6.09 Å². The summed E-state index contributed by atoms with van der Waals surface area (Å²) in [5.74, 6) is -0.803. The molecule has 1 atom stereocenters. The molecule has 9 nitrogen and oxygen atoms in total. The molecule has 0 aromatic heterocycles. The van der Waals surface area contributed by atoms with E-state index in [1.165, 1.54) is 19.1 Å². The predicted octanol–water partition coefficient (Wildman–Crippen LogP) is 4.60. The van der Waals surface area contributed by atoms with Crippen molar-refractivity contribution in [2.24, 2.45) is 0 Å². The molecule has 0 heterocycles. The molecule has 2 aromatic carbocycles. The molecule has 0 spiro atoms. The van der Waals surface area contributed by atoms with Gasteiger partial charge in [0.2, 0.25) is 0 Å². The normalized spacial score (nSPS) is 12.7. The summed E-state index contributed by atoms with van der Waals surface area (Å²) in [6, 6.07) is 7.12. The summed E-state index contributed by atoms with van der Waals surface area (Å²) in [4.78, 5) is 22.0. The molecule has 0 aliphatic rings. The summed E-state index contributed by atoms with van der Waals surface area (Å²) in [6.45, 7) is 6.34. The van der Waals surface area contributed by atoms with E-state index in [1.54, 1.807) is 20.8 Å². The minimum absolute atomic E-state index is 0.187. The smallest absolute Gasteiger partial charge is 0.407 e. The van der Waals surface area contributed by atoms with E-state index in [4.69, 9.17) is 4.74 Å². The van der Waals surface area contributed by atoms with Crippen LogP contribution in [0.15, 0.2) is 51.8 Å². The Bertz CT molecular complexity index is 1100. The van der Waals surface area contributed by atoms with Crippen LogP contribution in [0.4, 0.5) is 20.6 Å². The van der Waals surface area contributed by atoms with Crippen LogP contribution in [0.3, 0.4) is 0 Å². The molecule has 2 aromatic rings. The maximum absolute atomic E-state index is 14.7. The van der Waals surface area contributed by atoms with Crippen molar-refractivity contribution in [2.45, 2.75) is 44.2 Å². The molecule has 0 fully saturated rings. The van der Waals surface area contributed by atoms with Crippen LogP contribution in [0, 0.1) is 15.9 Å². The van der Waals surface area contributed by atoms with Crippen molar-refractivity contribution in [1.29, 1.82) is 0 Å². The van der Waals surface area contributed by atoms with Gasteiger partial charge in [0.05, 0.1) is 21.5 Å². The summed E-state index contributed by atoms with van der Waals surface area (Å²) >= 11 is 3.20. The number of ether oxygens (including phenoxy) is 1. The number of amides is 1. The van der Waals surface area contributed by atoms with E-state index < -0.39 is 38.5 Å². The zero-order valence-electron chi connectivity index (χ0n) is 17.8. The first kappa shape index (κ1) is 25.5. The fraction of sp³-hybridized carbons (Fsp3) is 0.350. The summed E-state index contributed by atoms with van der Waals surface area (Å²) in [7, 11) is -4.36. The number of nitrogens with zero attached hydrogens (tertiary/aromatic N) is 2. The van der Waals surface area contributed by atoms with E-state index >= 15 is 0 Å². The van der Waals surface area contributed by atoms with Gasteiger partial charge in [-0.1, -0.05) is 15.9 Å². The number of benzene rings is 2. The number of carbonyl (C=O) groups excluding carboxylic acids is 1. The second-order valence-corrected chi connectivity index (χ2v) is 10.6. The van der Waals surface area contributed by atoms with Gasteiger partial charge in [-0.2, -0.15) is 0 Å². The summed E-state index contributed by atoms with van der Waals surface area (Å²) in [6.07, 6.45) is -0.758. The van der Waals surface area contributed by atoms with Crippen molar-refractivity contribution in [3.05, 3.63) is 62.9 Å². The largest absolute Gasteiger partial charge is 0.444 e. The fourth-order valence-corrected chi connectivity index (χ4v) is 4.74. The molecule has 0 saturated carbocycles. The third-order valence-electron chi connectivity index (χ3n) is 4.09. The van der Waals surface area contributed by atoms with Crippen LogP contribution in [-0.2, 0) is 14.8 Å². The number of carbonyl (C=O) groups is 1. The minimum atomic E-state index is -4.36.